The second-order valence-corrected chi connectivity index (χ2v) is 49.3. The summed E-state index contributed by atoms with van der Waals surface area (Å²) >= 11 is 0. The molecule has 22 rings (SSSR count). The van der Waals surface area contributed by atoms with E-state index in [1.807, 2.05) is 0 Å². The van der Waals surface area contributed by atoms with Crippen LogP contribution in [0.5, 0.6) is 0 Å². The molecule has 6 aliphatic rings. The Balaban J connectivity index is 0.737. The summed E-state index contributed by atoms with van der Waals surface area (Å²) in [5.41, 5.74) is 41.8. The van der Waals surface area contributed by atoms with Crippen LogP contribution in [0.25, 0.3) is 43.9 Å². The number of aryl methyl sites for hydroxylation is 1. The predicted molar refractivity (Wildman–Crippen MR) is 572 cm³/mol. The van der Waals surface area contributed by atoms with Gasteiger partial charge >= 0.3 is 0 Å². The van der Waals surface area contributed by atoms with Crippen LogP contribution in [0.1, 0.15) is 289 Å². The molecule has 0 saturated carbocycles. The minimum atomic E-state index is -0.501. The number of para-hydroxylation sites is 1. The molecule has 0 radical (unpaired) electrons. The molecule has 3 aromatic heterocycles. The average molecular weight is 1760 g/mol. The van der Waals surface area contributed by atoms with Crippen molar-refractivity contribution >= 4 is 159 Å². The van der Waals surface area contributed by atoms with Crippen molar-refractivity contribution in [3.05, 3.63) is 332 Å². The molecule has 0 amide bonds. The number of benzene rings is 13. The van der Waals surface area contributed by atoms with E-state index in [1.165, 1.54) is 122 Å². The lowest BCUT2D eigenvalue weighted by Crippen LogP contribution is -2.61. The van der Waals surface area contributed by atoms with Crippen molar-refractivity contribution in [2.24, 2.45) is 0 Å². The van der Waals surface area contributed by atoms with E-state index in [0.717, 1.165) is 138 Å². The number of nitrogens with zero attached hydrogens (tertiary/aromatic N) is 4. The van der Waals surface area contributed by atoms with Crippen molar-refractivity contribution in [3.63, 3.8) is 0 Å². The second kappa shape index (κ2) is 29.3. The van der Waals surface area contributed by atoms with Gasteiger partial charge in [0.15, 0.2) is 0 Å². The maximum absolute atomic E-state index is 7.95. The van der Waals surface area contributed by atoms with E-state index >= 15 is 0 Å². The fourth-order valence-electron chi connectivity index (χ4n) is 24.3. The Kier molecular flexibility index (Phi) is 19.1. The topological polar surface area (TPSA) is 52.4 Å². The predicted octanol–water partition coefficient (Wildman–Crippen LogP) is 30.6. The van der Waals surface area contributed by atoms with E-state index in [4.69, 9.17) is 13.3 Å². The third-order valence-electron chi connectivity index (χ3n) is 33.0. The molecule has 0 bridgehead atoms. The van der Waals surface area contributed by atoms with Crippen LogP contribution in [0.2, 0.25) is 0 Å². The van der Waals surface area contributed by atoms with Crippen LogP contribution in [0, 0.1) is 6.92 Å². The first-order valence-electron chi connectivity index (χ1n) is 49.5. The lowest BCUT2D eigenvalue weighted by atomic mass is 9.35. The van der Waals surface area contributed by atoms with Crippen LogP contribution in [-0.2, 0) is 66.0 Å². The molecule has 2 aliphatic carbocycles. The Morgan fingerprint density at radius 3 is 1.20 bits per heavy atom. The number of rotatable bonds is 11. The standard InChI is InChI=1S/C125H132B2N4O3/c1-74-62-100-108-101(63-74)129(85-48-40-76(41-49-85)115(2,3)4)110-88-69-91-93(121(18,19)60-58-119(91,14)15)71-105(88)133-113(110)127(108)96-66-82(47-56-97(96)128(100)84-52-44-79(45-53-84)124(24,25)78-35-29-28-30-36-78)125(26,27)81-37-33-34-75(64-81)73-123(22,23)83-67-102-109-103(68-83)131(99-57-54-90(118(11,12)13)112-107(99)87-38-31-32-39-104(87)132-112)98-55-46-80(117(8,9)10)65-95(98)126(109)114-111(130(102)86-50-42-77(43-51-86)116(5,6)7)89-70-92-94(72-106(89)134-114)122(20,21)61-59-120(92,16)17/h28-57,62-72H,58-61,73H2,1-27H3. The molecule has 7 nitrogen and oxygen atoms in total. The van der Waals surface area contributed by atoms with E-state index in [-0.39, 0.29) is 62.2 Å². The Morgan fingerprint density at radius 1 is 0.299 bits per heavy atom. The molecule has 9 heteroatoms. The number of anilines is 12. The van der Waals surface area contributed by atoms with Gasteiger partial charge < -0.3 is 32.9 Å². The smallest absolute Gasteiger partial charge is 0.297 e. The van der Waals surface area contributed by atoms with Gasteiger partial charge in [-0.1, -0.05) is 320 Å². The molecule has 7 heterocycles. The normalized spacial score (nSPS) is 16.5. The molecule has 676 valence electrons. The summed E-state index contributed by atoms with van der Waals surface area (Å²) in [5.74, 6) is 0. The molecule has 0 fully saturated rings. The molecule has 0 atom stereocenters. The van der Waals surface area contributed by atoms with Gasteiger partial charge in [0, 0.05) is 83.7 Å². The van der Waals surface area contributed by atoms with Gasteiger partial charge in [0.2, 0.25) is 0 Å². The van der Waals surface area contributed by atoms with Gasteiger partial charge in [0.25, 0.3) is 13.4 Å². The summed E-state index contributed by atoms with van der Waals surface area (Å²) in [6.45, 7) is 64.0. The van der Waals surface area contributed by atoms with E-state index in [2.05, 4.69) is 455 Å². The van der Waals surface area contributed by atoms with Crippen LogP contribution < -0.4 is 52.8 Å². The first-order valence-corrected chi connectivity index (χ1v) is 49.5. The summed E-state index contributed by atoms with van der Waals surface area (Å²) in [4.78, 5) is 10.5. The quantitative estimate of drug-likeness (QED) is 0.120. The first-order chi connectivity index (χ1) is 63.1. The van der Waals surface area contributed by atoms with Crippen molar-refractivity contribution in [1.29, 1.82) is 0 Å². The Labute approximate surface area is 797 Å². The zero-order valence-corrected chi connectivity index (χ0v) is 84.4. The van der Waals surface area contributed by atoms with Crippen molar-refractivity contribution in [2.75, 3.05) is 19.6 Å². The minimum Gasteiger partial charge on any atom is -0.468 e. The van der Waals surface area contributed by atoms with Gasteiger partial charge in [-0.2, -0.15) is 0 Å². The lowest BCUT2D eigenvalue weighted by Gasteiger charge is -2.44. The largest absolute Gasteiger partial charge is 0.468 e. The van der Waals surface area contributed by atoms with Crippen LogP contribution in [0.3, 0.4) is 0 Å². The number of hydrogen-bond donors (Lipinski definition) is 0. The Hall–Kier alpha value is -11.9. The van der Waals surface area contributed by atoms with E-state index < -0.39 is 10.8 Å². The number of hydrogen-bond acceptors (Lipinski definition) is 7. The molecular formula is C125H132B2N4O3. The van der Waals surface area contributed by atoms with Gasteiger partial charge in [-0.05, 0) is 297 Å². The van der Waals surface area contributed by atoms with Crippen LogP contribution in [0.4, 0.5) is 68.2 Å². The van der Waals surface area contributed by atoms with Crippen molar-refractivity contribution in [2.45, 2.75) is 279 Å². The van der Waals surface area contributed by atoms with Crippen LogP contribution >= 0.6 is 0 Å². The summed E-state index contributed by atoms with van der Waals surface area (Å²) in [6.07, 6.45) is 5.18. The van der Waals surface area contributed by atoms with Crippen molar-refractivity contribution in [3.8, 4) is 0 Å². The maximum Gasteiger partial charge on any atom is 0.297 e. The average Bonchev–Trinajstić information content (AvgIpc) is 1.64. The Bertz CT molecular complexity index is 7560. The molecule has 0 spiro atoms. The third kappa shape index (κ3) is 13.5. The number of fused-ring (bicyclic) bond motifs is 17. The van der Waals surface area contributed by atoms with E-state index in [0.29, 0.717) is 0 Å². The molecule has 13 aromatic carbocycles. The highest BCUT2D eigenvalue weighted by atomic mass is 16.3. The summed E-state index contributed by atoms with van der Waals surface area (Å²) < 4.78 is 23.1. The molecule has 0 unspecified atom stereocenters. The lowest BCUT2D eigenvalue weighted by molar-refractivity contribution is 0.332. The van der Waals surface area contributed by atoms with E-state index in [9.17, 15) is 0 Å². The minimum absolute atomic E-state index is 0.0304. The van der Waals surface area contributed by atoms with E-state index in [1.54, 1.807) is 0 Å². The maximum atomic E-state index is 7.95. The summed E-state index contributed by atoms with van der Waals surface area (Å²) in [5, 5.41) is 4.54. The SMILES string of the molecule is Cc1cc2c3c(c1)N(c1ccc(C(C)(C)C)cc1)c1c(oc4cc5c(cc14)C(C)(C)CCC5(C)C)B3c1cc(C(C)(C)c3cccc(CC(C)(C)c4cc5c6c(c4)N(c4ccc(C(C)(C)C)c7oc8ccccc8c47)c4ccc(C(C)(C)C)cc4B6c4oc6cc7c(cc6c4N5c4ccc(C(C)(C)C)cc4)C(C)(C)CCC7(C)C)c3)ccc1N2c1ccc(C(C)(C)c2ccccc2)cc1. The monoisotopic (exact) mass is 1760 g/mol. The zero-order valence-electron chi connectivity index (χ0n) is 84.4. The molecule has 4 aliphatic heterocycles. The molecular weight excluding hydrogens is 1630 g/mol. The highest BCUT2D eigenvalue weighted by molar-refractivity contribution is 7.00. The highest BCUT2D eigenvalue weighted by Gasteiger charge is 2.53. The molecule has 0 N–H and O–H groups in total. The van der Waals surface area contributed by atoms with Crippen molar-refractivity contribution in [1.82, 2.24) is 0 Å². The number of furan rings is 3. The second-order valence-electron chi connectivity index (χ2n) is 49.3. The highest BCUT2D eigenvalue weighted by Crippen LogP contribution is 2.58. The van der Waals surface area contributed by atoms with Gasteiger partial charge in [0.05, 0.1) is 33.8 Å². The zero-order chi connectivity index (χ0) is 94.3. The van der Waals surface area contributed by atoms with Gasteiger partial charge in [0.1, 0.15) is 22.3 Å². The molecule has 134 heavy (non-hydrogen) atoms. The van der Waals surface area contributed by atoms with Crippen LogP contribution in [-0.4, -0.2) is 13.4 Å². The summed E-state index contributed by atoms with van der Waals surface area (Å²) in [6, 6.07) is 97.7. The third-order valence-corrected chi connectivity index (χ3v) is 33.0. The van der Waals surface area contributed by atoms with Crippen molar-refractivity contribution < 1.29 is 13.3 Å². The van der Waals surface area contributed by atoms with Gasteiger partial charge in [-0.3, -0.25) is 0 Å². The Morgan fingerprint density at radius 2 is 0.694 bits per heavy atom. The van der Waals surface area contributed by atoms with Crippen LogP contribution in [0.15, 0.2) is 262 Å². The fourth-order valence-corrected chi connectivity index (χ4v) is 24.3. The molecule has 0 saturated heterocycles. The molecule has 16 aromatic rings. The fraction of sp³-hybridized carbons (Fsp3) is 0.344. The summed E-state index contributed by atoms with van der Waals surface area (Å²) in [7, 11) is 0. The van der Waals surface area contributed by atoms with Gasteiger partial charge in [-0.15, -0.1) is 0 Å². The first kappa shape index (κ1) is 87.4. The van der Waals surface area contributed by atoms with Gasteiger partial charge in [-0.25, -0.2) is 0 Å².